The highest BCUT2D eigenvalue weighted by Crippen LogP contribution is 2.27. The molecule has 0 aromatic heterocycles. The fourth-order valence-corrected chi connectivity index (χ4v) is 3.64. The highest BCUT2D eigenvalue weighted by Gasteiger charge is 2.34. The van der Waals surface area contributed by atoms with Gasteiger partial charge in [-0.3, -0.25) is 4.79 Å². The summed E-state index contributed by atoms with van der Waals surface area (Å²) in [5, 5.41) is -0.744. The van der Waals surface area contributed by atoms with E-state index in [0.717, 1.165) is 0 Å². The second-order valence-electron chi connectivity index (χ2n) is 3.99. The van der Waals surface area contributed by atoms with Gasteiger partial charge in [0.1, 0.15) is 0 Å². The predicted octanol–water partition coefficient (Wildman–Crippen LogP) is 2.31. The number of sulfone groups is 1. The zero-order chi connectivity index (χ0) is 13.9. The van der Waals surface area contributed by atoms with Crippen molar-refractivity contribution in [1.82, 2.24) is 0 Å². The van der Waals surface area contributed by atoms with Gasteiger partial charge in [0.15, 0.2) is 9.84 Å². The minimum atomic E-state index is -3.66. The van der Waals surface area contributed by atoms with Crippen LogP contribution in [-0.2, 0) is 19.4 Å². The maximum atomic E-state index is 12.3. The van der Waals surface area contributed by atoms with Crippen LogP contribution in [0, 0.1) is 5.92 Å². The Morgan fingerprint density at radius 2 is 1.83 bits per heavy atom. The Balaban J connectivity index is 3.16. The van der Waals surface area contributed by atoms with Crippen LogP contribution in [0.1, 0.15) is 13.8 Å². The molecule has 0 aliphatic carbocycles. The maximum Gasteiger partial charge on any atom is 0.309 e. The number of benzene rings is 1. The van der Waals surface area contributed by atoms with Gasteiger partial charge >= 0.3 is 5.97 Å². The molecular formula is C12H15ClO4S. The van der Waals surface area contributed by atoms with E-state index in [4.69, 9.17) is 11.6 Å². The summed E-state index contributed by atoms with van der Waals surface area (Å²) in [6.45, 7) is 2.99. The predicted molar refractivity (Wildman–Crippen MR) is 69.3 cm³/mol. The average molecular weight is 291 g/mol. The molecule has 4 nitrogen and oxygen atoms in total. The van der Waals surface area contributed by atoms with E-state index in [9.17, 15) is 13.2 Å². The van der Waals surface area contributed by atoms with Crippen molar-refractivity contribution in [1.29, 1.82) is 0 Å². The number of hydrogen-bond acceptors (Lipinski definition) is 4. The van der Waals surface area contributed by atoms with E-state index in [1.54, 1.807) is 12.1 Å². The number of rotatable bonds is 4. The Morgan fingerprint density at radius 3 is 2.33 bits per heavy atom. The Morgan fingerprint density at radius 1 is 1.28 bits per heavy atom. The van der Waals surface area contributed by atoms with Gasteiger partial charge in [0, 0.05) is 0 Å². The molecule has 2 unspecified atom stereocenters. The molecule has 0 amide bonds. The van der Waals surface area contributed by atoms with Gasteiger partial charge in [0.05, 0.1) is 28.2 Å². The Bertz CT molecular complexity index is 539. The van der Waals surface area contributed by atoms with E-state index >= 15 is 0 Å². The molecule has 2 atom stereocenters. The molecule has 0 heterocycles. The number of carbonyl (C=O) groups is 1. The van der Waals surface area contributed by atoms with Crippen molar-refractivity contribution in [2.45, 2.75) is 24.0 Å². The van der Waals surface area contributed by atoms with Crippen LogP contribution in [0.2, 0.25) is 5.02 Å². The van der Waals surface area contributed by atoms with Gasteiger partial charge in [-0.25, -0.2) is 8.42 Å². The summed E-state index contributed by atoms with van der Waals surface area (Å²) in [5.74, 6) is -1.31. The van der Waals surface area contributed by atoms with Crippen LogP contribution >= 0.6 is 11.6 Å². The van der Waals surface area contributed by atoms with Crippen molar-refractivity contribution in [3.05, 3.63) is 29.3 Å². The quantitative estimate of drug-likeness (QED) is 0.799. The zero-order valence-corrected chi connectivity index (χ0v) is 12.0. The molecule has 0 saturated carbocycles. The summed E-state index contributed by atoms with van der Waals surface area (Å²) in [7, 11) is -2.43. The number of hydrogen-bond donors (Lipinski definition) is 0. The van der Waals surface area contributed by atoms with Crippen molar-refractivity contribution in [3.8, 4) is 0 Å². The normalized spacial score (nSPS) is 14.9. The first-order chi connectivity index (χ1) is 8.32. The number of carbonyl (C=O) groups excluding carboxylic acids is 1. The summed E-state index contributed by atoms with van der Waals surface area (Å²) >= 11 is 5.88. The Kier molecular flexibility index (Phi) is 4.76. The molecule has 18 heavy (non-hydrogen) atoms. The topological polar surface area (TPSA) is 60.4 Å². The van der Waals surface area contributed by atoms with Crippen LogP contribution in [0.15, 0.2) is 29.2 Å². The van der Waals surface area contributed by atoms with Gasteiger partial charge < -0.3 is 4.74 Å². The molecule has 0 radical (unpaired) electrons. The fraction of sp³-hybridized carbons (Fsp3) is 0.417. The number of methoxy groups -OCH3 is 1. The maximum absolute atomic E-state index is 12.3. The lowest BCUT2D eigenvalue weighted by atomic mass is 10.1. The number of esters is 1. The SMILES string of the molecule is COC(=O)C(C)C(C)S(=O)(=O)c1ccccc1Cl. The van der Waals surface area contributed by atoms with Gasteiger partial charge in [-0.05, 0) is 19.1 Å². The molecule has 0 spiro atoms. The van der Waals surface area contributed by atoms with Crippen LogP contribution in [-0.4, -0.2) is 26.7 Å². The summed E-state index contributed by atoms with van der Waals surface area (Å²) in [6, 6.07) is 6.17. The number of ether oxygens (including phenoxy) is 1. The van der Waals surface area contributed by atoms with Crippen LogP contribution in [0.5, 0.6) is 0 Å². The standard InChI is InChI=1S/C12H15ClO4S/c1-8(12(14)17-3)9(2)18(15,16)11-7-5-4-6-10(11)13/h4-9H,1-3H3. The van der Waals surface area contributed by atoms with E-state index in [0.29, 0.717) is 0 Å². The van der Waals surface area contributed by atoms with Crippen LogP contribution < -0.4 is 0 Å². The Labute approximate surface area is 112 Å². The van der Waals surface area contributed by atoms with E-state index in [2.05, 4.69) is 4.74 Å². The molecule has 0 aliphatic heterocycles. The molecule has 0 bridgehead atoms. The largest absolute Gasteiger partial charge is 0.469 e. The zero-order valence-electron chi connectivity index (χ0n) is 10.4. The first kappa shape index (κ1) is 15.0. The van der Waals surface area contributed by atoms with Crippen molar-refractivity contribution in [2.24, 2.45) is 5.92 Å². The third-order valence-corrected chi connectivity index (χ3v) is 5.71. The first-order valence-electron chi connectivity index (χ1n) is 5.38. The van der Waals surface area contributed by atoms with E-state index in [1.165, 1.54) is 33.1 Å². The molecule has 0 N–H and O–H groups in total. The summed E-state index contributed by atoms with van der Waals surface area (Å²) in [5.41, 5.74) is 0. The van der Waals surface area contributed by atoms with Crippen LogP contribution in [0.3, 0.4) is 0 Å². The van der Waals surface area contributed by atoms with Gasteiger partial charge in [-0.1, -0.05) is 30.7 Å². The van der Waals surface area contributed by atoms with E-state index in [1.807, 2.05) is 0 Å². The average Bonchev–Trinajstić information content (AvgIpc) is 2.36. The number of halogens is 1. The molecule has 100 valence electrons. The molecule has 1 aromatic carbocycles. The van der Waals surface area contributed by atoms with Crippen molar-refractivity contribution in [2.75, 3.05) is 7.11 Å². The first-order valence-corrected chi connectivity index (χ1v) is 7.31. The van der Waals surface area contributed by atoms with E-state index in [-0.39, 0.29) is 9.92 Å². The molecule has 0 fully saturated rings. The molecule has 0 aliphatic rings. The highest BCUT2D eigenvalue weighted by molar-refractivity contribution is 7.92. The van der Waals surface area contributed by atoms with Gasteiger partial charge in [-0.2, -0.15) is 0 Å². The van der Waals surface area contributed by atoms with Gasteiger partial charge in [0.25, 0.3) is 0 Å². The molecule has 1 rings (SSSR count). The van der Waals surface area contributed by atoms with Gasteiger partial charge in [0.2, 0.25) is 0 Å². The third kappa shape index (κ3) is 2.84. The molecule has 0 saturated heterocycles. The summed E-state index contributed by atoms with van der Waals surface area (Å²) in [6.07, 6.45) is 0. The second kappa shape index (κ2) is 5.71. The third-order valence-electron chi connectivity index (χ3n) is 2.91. The minimum Gasteiger partial charge on any atom is -0.469 e. The lowest BCUT2D eigenvalue weighted by molar-refractivity contribution is -0.144. The van der Waals surface area contributed by atoms with Crippen LogP contribution in [0.25, 0.3) is 0 Å². The van der Waals surface area contributed by atoms with E-state index < -0.39 is 27.0 Å². The van der Waals surface area contributed by atoms with Crippen molar-refractivity contribution in [3.63, 3.8) is 0 Å². The molecule has 1 aromatic rings. The lowest BCUT2D eigenvalue weighted by Crippen LogP contribution is -2.31. The smallest absolute Gasteiger partial charge is 0.309 e. The summed E-state index contributed by atoms with van der Waals surface area (Å²) < 4.78 is 29.2. The highest BCUT2D eigenvalue weighted by atomic mass is 35.5. The monoisotopic (exact) mass is 290 g/mol. The van der Waals surface area contributed by atoms with Gasteiger partial charge in [-0.15, -0.1) is 0 Å². The molecular weight excluding hydrogens is 276 g/mol. The molecule has 6 heteroatoms. The van der Waals surface area contributed by atoms with Crippen LogP contribution in [0.4, 0.5) is 0 Å². The van der Waals surface area contributed by atoms with Crippen molar-refractivity contribution < 1.29 is 17.9 Å². The minimum absolute atomic E-state index is 0.0370. The van der Waals surface area contributed by atoms with Crippen molar-refractivity contribution >= 4 is 27.4 Å². The summed E-state index contributed by atoms with van der Waals surface area (Å²) in [4.78, 5) is 11.4. The second-order valence-corrected chi connectivity index (χ2v) is 6.67. The fourth-order valence-electron chi connectivity index (χ4n) is 1.52. The lowest BCUT2D eigenvalue weighted by Gasteiger charge is -2.18. The Hall–Kier alpha value is -1.07.